The highest BCUT2D eigenvalue weighted by atomic mass is 19.1. The van der Waals surface area contributed by atoms with Gasteiger partial charge in [0.05, 0.1) is 5.56 Å². The number of ether oxygens (including phenoxy) is 1. The van der Waals surface area contributed by atoms with Crippen molar-refractivity contribution in [2.24, 2.45) is 0 Å². The first-order valence-corrected chi connectivity index (χ1v) is 10.7. The van der Waals surface area contributed by atoms with Crippen LogP contribution in [0.25, 0.3) is 11.1 Å². The molecule has 156 valence electrons. The molecule has 0 fully saturated rings. The van der Waals surface area contributed by atoms with Crippen molar-refractivity contribution in [3.63, 3.8) is 0 Å². The number of rotatable bonds is 9. The molecule has 0 aliphatic carbocycles. The van der Waals surface area contributed by atoms with Crippen molar-refractivity contribution in [1.82, 2.24) is 0 Å². The van der Waals surface area contributed by atoms with Crippen molar-refractivity contribution in [2.75, 3.05) is 0 Å². The molecule has 0 amide bonds. The van der Waals surface area contributed by atoms with Crippen LogP contribution in [0.4, 0.5) is 4.39 Å². The van der Waals surface area contributed by atoms with Crippen molar-refractivity contribution < 1.29 is 13.9 Å². The molecule has 1 atom stereocenters. The molecule has 0 saturated heterocycles. The number of unbranched alkanes of at least 4 members (excludes halogenated alkanes) is 3. The van der Waals surface area contributed by atoms with Crippen LogP contribution in [-0.2, 0) is 0 Å². The maximum Gasteiger partial charge on any atom is 0.343 e. The molecule has 3 heteroatoms. The topological polar surface area (TPSA) is 26.3 Å². The second kappa shape index (κ2) is 10.7. The predicted molar refractivity (Wildman–Crippen MR) is 120 cm³/mol. The highest BCUT2D eigenvalue weighted by molar-refractivity contribution is 5.91. The molecule has 0 heterocycles. The van der Waals surface area contributed by atoms with Gasteiger partial charge in [0.25, 0.3) is 0 Å². The first-order chi connectivity index (χ1) is 14.6. The number of benzene rings is 3. The highest BCUT2D eigenvalue weighted by Crippen LogP contribution is 2.25. The second-order valence-corrected chi connectivity index (χ2v) is 7.79. The summed E-state index contributed by atoms with van der Waals surface area (Å²) in [5.74, 6) is 0.345. The monoisotopic (exact) mass is 404 g/mol. The summed E-state index contributed by atoms with van der Waals surface area (Å²) in [7, 11) is 0. The molecule has 2 nitrogen and oxygen atoms in total. The summed E-state index contributed by atoms with van der Waals surface area (Å²) < 4.78 is 18.6. The number of hydrogen-bond acceptors (Lipinski definition) is 2. The Morgan fingerprint density at radius 1 is 0.833 bits per heavy atom. The summed E-state index contributed by atoms with van der Waals surface area (Å²) in [6.07, 6.45) is 6.24. The normalized spacial score (nSPS) is 11.8. The minimum absolute atomic E-state index is 0.263. The Bertz CT molecular complexity index is 928. The fourth-order valence-electron chi connectivity index (χ4n) is 3.52. The molecule has 0 saturated carbocycles. The third-order valence-corrected chi connectivity index (χ3v) is 5.45. The maximum atomic E-state index is 13.1. The van der Waals surface area contributed by atoms with Gasteiger partial charge in [0.15, 0.2) is 0 Å². The van der Waals surface area contributed by atoms with Gasteiger partial charge in [-0.3, -0.25) is 0 Å². The largest absolute Gasteiger partial charge is 0.423 e. The maximum absolute atomic E-state index is 13.1. The lowest BCUT2D eigenvalue weighted by Gasteiger charge is -2.12. The molecule has 0 aliphatic rings. The van der Waals surface area contributed by atoms with Crippen molar-refractivity contribution in [3.05, 3.63) is 89.7 Å². The van der Waals surface area contributed by atoms with Gasteiger partial charge in [-0.1, -0.05) is 75.9 Å². The number of carbonyl (C=O) groups excluding carboxylic acids is 1. The Morgan fingerprint density at radius 3 is 2.03 bits per heavy atom. The summed E-state index contributed by atoms with van der Waals surface area (Å²) in [5, 5.41) is 0. The lowest BCUT2D eigenvalue weighted by Crippen LogP contribution is -2.08. The standard InChI is InChI=1S/C27H29FO2/c1-3-4-5-6-7-20(2)21-8-10-24(11-9-21)27(29)30-26-18-14-23(15-19-26)22-12-16-25(28)17-13-22/h8-20H,3-7H2,1-2H3. The molecule has 30 heavy (non-hydrogen) atoms. The lowest BCUT2D eigenvalue weighted by molar-refractivity contribution is 0.0734. The Balaban J connectivity index is 1.57. The summed E-state index contributed by atoms with van der Waals surface area (Å²) in [5.41, 5.74) is 3.65. The molecule has 0 aromatic heterocycles. The summed E-state index contributed by atoms with van der Waals surface area (Å²) in [6, 6.07) is 21.3. The molecule has 3 aromatic rings. The second-order valence-electron chi connectivity index (χ2n) is 7.79. The molecular formula is C27H29FO2. The smallest absolute Gasteiger partial charge is 0.343 e. The van der Waals surface area contributed by atoms with Gasteiger partial charge in [0.2, 0.25) is 0 Å². The van der Waals surface area contributed by atoms with Gasteiger partial charge in [-0.05, 0) is 65.4 Å². The first-order valence-electron chi connectivity index (χ1n) is 10.7. The molecule has 0 N–H and O–H groups in total. The van der Waals surface area contributed by atoms with E-state index in [9.17, 15) is 9.18 Å². The molecular weight excluding hydrogens is 375 g/mol. The van der Waals surface area contributed by atoms with Crippen molar-refractivity contribution in [3.8, 4) is 16.9 Å². The van der Waals surface area contributed by atoms with E-state index in [1.807, 2.05) is 36.4 Å². The number of carbonyl (C=O) groups is 1. The van der Waals surface area contributed by atoms with Crippen LogP contribution in [0.1, 0.15) is 67.8 Å². The summed E-state index contributed by atoms with van der Waals surface area (Å²) in [4.78, 5) is 12.5. The third-order valence-electron chi connectivity index (χ3n) is 5.45. The van der Waals surface area contributed by atoms with Gasteiger partial charge in [0, 0.05) is 0 Å². The molecule has 3 aromatic carbocycles. The average molecular weight is 405 g/mol. The third kappa shape index (κ3) is 6.03. The van der Waals surface area contributed by atoms with Gasteiger partial charge in [0.1, 0.15) is 11.6 Å². The lowest BCUT2D eigenvalue weighted by atomic mass is 9.94. The Labute approximate surface area is 178 Å². The zero-order valence-electron chi connectivity index (χ0n) is 17.7. The minimum Gasteiger partial charge on any atom is -0.423 e. The molecule has 3 rings (SSSR count). The van der Waals surface area contributed by atoms with Crippen LogP contribution in [0.3, 0.4) is 0 Å². The van der Waals surface area contributed by atoms with Gasteiger partial charge >= 0.3 is 5.97 Å². The number of esters is 1. The van der Waals surface area contributed by atoms with Gasteiger partial charge in [-0.15, -0.1) is 0 Å². The predicted octanol–water partition coefficient (Wildman–Crippen LogP) is 7.79. The van der Waals surface area contributed by atoms with Gasteiger partial charge in [-0.25, -0.2) is 9.18 Å². The van der Waals surface area contributed by atoms with Crippen molar-refractivity contribution >= 4 is 5.97 Å². The molecule has 0 bridgehead atoms. The molecule has 0 spiro atoms. The highest BCUT2D eigenvalue weighted by Gasteiger charge is 2.11. The van der Waals surface area contributed by atoms with E-state index in [-0.39, 0.29) is 11.8 Å². The fourth-order valence-corrected chi connectivity index (χ4v) is 3.52. The zero-order valence-corrected chi connectivity index (χ0v) is 17.7. The number of hydrogen-bond donors (Lipinski definition) is 0. The summed E-state index contributed by atoms with van der Waals surface area (Å²) >= 11 is 0. The quantitative estimate of drug-likeness (QED) is 0.207. The molecule has 0 aliphatic heterocycles. The van der Waals surface area contributed by atoms with E-state index in [0.717, 1.165) is 11.1 Å². The SMILES string of the molecule is CCCCCCC(C)c1ccc(C(=O)Oc2ccc(-c3ccc(F)cc3)cc2)cc1. The fraction of sp³-hybridized carbons (Fsp3) is 0.296. The van der Waals surface area contributed by atoms with E-state index in [1.54, 1.807) is 24.3 Å². The van der Waals surface area contributed by atoms with E-state index in [4.69, 9.17) is 4.74 Å². The van der Waals surface area contributed by atoms with E-state index in [2.05, 4.69) is 13.8 Å². The zero-order chi connectivity index (χ0) is 21.3. The van der Waals surface area contributed by atoms with E-state index in [0.29, 0.717) is 17.2 Å². The molecule has 1 unspecified atom stereocenters. The summed E-state index contributed by atoms with van der Waals surface area (Å²) in [6.45, 7) is 4.46. The van der Waals surface area contributed by atoms with Crippen LogP contribution in [0, 0.1) is 5.82 Å². The van der Waals surface area contributed by atoms with E-state index < -0.39 is 0 Å². The first kappa shape index (κ1) is 21.8. The average Bonchev–Trinajstić information content (AvgIpc) is 2.78. The van der Waals surface area contributed by atoms with E-state index in [1.165, 1.54) is 49.8 Å². The van der Waals surface area contributed by atoms with Crippen molar-refractivity contribution in [2.45, 2.75) is 51.9 Å². The molecule has 0 radical (unpaired) electrons. The van der Waals surface area contributed by atoms with Crippen LogP contribution in [-0.4, -0.2) is 5.97 Å². The van der Waals surface area contributed by atoms with Crippen LogP contribution in [0.5, 0.6) is 5.75 Å². The Kier molecular flexibility index (Phi) is 7.78. The van der Waals surface area contributed by atoms with Crippen molar-refractivity contribution in [1.29, 1.82) is 0 Å². The number of halogens is 1. The van der Waals surface area contributed by atoms with Gasteiger partial charge < -0.3 is 4.74 Å². The van der Waals surface area contributed by atoms with Crippen LogP contribution >= 0.6 is 0 Å². The van der Waals surface area contributed by atoms with Crippen LogP contribution in [0.15, 0.2) is 72.8 Å². The van der Waals surface area contributed by atoms with Crippen LogP contribution < -0.4 is 4.74 Å². The Morgan fingerprint density at radius 2 is 1.43 bits per heavy atom. The van der Waals surface area contributed by atoms with Crippen LogP contribution in [0.2, 0.25) is 0 Å². The Hall–Kier alpha value is -2.94. The van der Waals surface area contributed by atoms with E-state index >= 15 is 0 Å². The minimum atomic E-state index is -0.369. The van der Waals surface area contributed by atoms with Gasteiger partial charge in [-0.2, -0.15) is 0 Å².